The summed E-state index contributed by atoms with van der Waals surface area (Å²) in [4.78, 5) is 31.9. The van der Waals surface area contributed by atoms with E-state index in [1.807, 2.05) is 27.7 Å². The van der Waals surface area contributed by atoms with Gasteiger partial charge in [0, 0.05) is 43.1 Å². The van der Waals surface area contributed by atoms with Gasteiger partial charge in [-0.2, -0.15) is 14.6 Å². The van der Waals surface area contributed by atoms with Gasteiger partial charge in [0.05, 0.1) is 17.8 Å². The third-order valence-corrected chi connectivity index (χ3v) is 12.6. The largest absolute Gasteiger partial charge is 0.364 e. The van der Waals surface area contributed by atoms with Gasteiger partial charge in [-0.3, -0.25) is 14.3 Å². The monoisotopic (exact) mass is 707 g/mol. The molecule has 5 rings (SSSR count). The number of hydrogen-bond donors (Lipinski definition) is 2. The van der Waals surface area contributed by atoms with Crippen LogP contribution in [0, 0.1) is 37.5 Å². The molecule has 2 aliphatic carbocycles. The zero-order valence-electron chi connectivity index (χ0n) is 31.2. The van der Waals surface area contributed by atoms with Gasteiger partial charge >= 0.3 is 0 Å². The van der Waals surface area contributed by atoms with Crippen LogP contribution in [0.3, 0.4) is 0 Å². The predicted molar refractivity (Wildman–Crippen MR) is 198 cm³/mol. The van der Waals surface area contributed by atoms with Gasteiger partial charge in [0.15, 0.2) is 0 Å². The van der Waals surface area contributed by atoms with Gasteiger partial charge in [0.1, 0.15) is 18.2 Å². The van der Waals surface area contributed by atoms with Crippen molar-refractivity contribution in [2.45, 2.75) is 136 Å². The number of nitrogens with zero attached hydrogens (tertiary/aromatic N) is 5. The highest BCUT2D eigenvalue weighted by molar-refractivity contribution is 6.76. The van der Waals surface area contributed by atoms with E-state index >= 15 is 4.39 Å². The van der Waals surface area contributed by atoms with E-state index in [0.717, 1.165) is 63.1 Å². The van der Waals surface area contributed by atoms with Crippen molar-refractivity contribution in [3.63, 3.8) is 0 Å². The summed E-state index contributed by atoms with van der Waals surface area (Å²) in [5.74, 6) is -1.47. The van der Waals surface area contributed by atoms with E-state index in [-0.39, 0.29) is 29.4 Å². The van der Waals surface area contributed by atoms with Crippen molar-refractivity contribution in [3.05, 3.63) is 46.9 Å². The summed E-state index contributed by atoms with van der Waals surface area (Å²) in [6.07, 6.45) is 12.8. The number of aromatic nitrogens is 5. The van der Waals surface area contributed by atoms with Gasteiger partial charge in [-0.15, -0.1) is 0 Å². The SMILES string of the molecule is Cc1nn(COCC[Si](C)(C)C)c(C)c1-c1ccc(NC(=O)[C@H](c2cnn(C(C)C)c2C(N)=O)C(C2CCCCC2)C2CCCCC2)nc1F. The van der Waals surface area contributed by atoms with Gasteiger partial charge in [-0.05, 0) is 63.6 Å². The molecule has 2 fully saturated rings. The number of aryl methyl sites for hydroxylation is 1. The number of anilines is 1. The number of primary amides is 1. The van der Waals surface area contributed by atoms with Crippen molar-refractivity contribution >= 4 is 25.7 Å². The molecule has 274 valence electrons. The van der Waals surface area contributed by atoms with E-state index in [9.17, 15) is 9.59 Å². The van der Waals surface area contributed by atoms with E-state index < -0.39 is 25.8 Å². The van der Waals surface area contributed by atoms with Gasteiger partial charge in [0.25, 0.3) is 5.91 Å². The minimum absolute atomic E-state index is 0.00623. The highest BCUT2D eigenvalue weighted by Crippen LogP contribution is 2.48. The van der Waals surface area contributed by atoms with Gasteiger partial charge in [-0.1, -0.05) is 83.8 Å². The van der Waals surface area contributed by atoms with Gasteiger partial charge < -0.3 is 15.8 Å². The van der Waals surface area contributed by atoms with E-state index in [1.165, 1.54) is 12.8 Å². The lowest BCUT2D eigenvalue weighted by Crippen LogP contribution is -2.39. The third kappa shape index (κ3) is 8.73. The van der Waals surface area contributed by atoms with Crippen LogP contribution in [0.4, 0.5) is 10.2 Å². The molecule has 50 heavy (non-hydrogen) atoms. The summed E-state index contributed by atoms with van der Waals surface area (Å²) in [6.45, 7) is 15.5. The normalized spacial score (nSPS) is 17.1. The van der Waals surface area contributed by atoms with Crippen molar-refractivity contribution in [3.8, 4) is 11.1 Å². The molecule has 1 atom stereocenters. The molecule has 2 saturated carbocycles. The molecule has 3 heterocycles. The zero-order valence-corrected chi connectivity index (χ0v) is 32.2. The lowest BCUT2D eigenvalue weighted by atomic mass is 9.63. The molecular formula is C38H58FN7O3Si. The molecule has 3 N–H and O–H groups in total. The molecule has 0 radical (unpaired) electrons. The summed E-state index contributed by atoms with van der Waals surface area (Å²) < 4.78 is 25.2. The standard InChI is InChI=1S/C38H58FN7O3Si/c1-24(2)46-35(37(40)47)30(22-41-46)34(33(27-14-10-8-11-15-27)28-16-12-9-13-17-28)38(48)43-31-19-18-29(36(39)42-31)32-25(3)44-45(26(32)4)23-49-20-21-50(5,6)7/h18-19,22,24,27-28,33-34H,8-17,20-21,23H2,1-7H3,(H2,40,47)(H,42,43,48)/t34-/m1/s1. The fraction of sp³-hybridized carbons (Fsp3) is 0.658. The van der Waals surface area contributed by atoms with E-state index in [0.29, 0.717) is 47.6 Å². The van der Waals surface area contributed by atoms with Crippen LogP contribution in [-0.4, -0.2) is 51.0 Å². The number of halogens is 1. The first-order chi connectivity index (χ1) is 23.8. The van der Waals surface area contributed by atoms with E-state index in [1.54, 1.807) is 27.7 Å². The highest BCUT2D eigenvalue weighted by atomic mass is 28.3. The molecule has 0 aliphatic heterocycles. The minimum Gasteiger partial charge on any atom is -0.364 e. The Bertz CT molecular complexity index is 1620. The van der Waals surface area contributed by atoms with E-state index in [4.69, 9.17) is 10.5 Å². The summed E-state index contributed by atoms with van der Waals surface area (Å²) in [7, 11) is -1.22. The second-order valence-corrected chi connectivity index (χ2v) is 21.7. The summed E-state index contributed by atoms with van der Waals surface area (Å²) in [5, 5.41) is 12.2. The number of rotatable bonds is 14. The van der Waals surface area contributed by atoms with Crippen molar-refractivity contribution in [2.24, 2.45) is 23.5 Å². The Balaban J connectivity index is 1.47. The average molecular weight is 708 g/mol. The second-order valence-electron chi connectivity index (χ2n) is 16.1. The summed E-state index contributed by atoms with van der Waals surface area (Å²) in [6, 6.07) is 4.24. The van der Waals surface area contributed by atoms with Crippen LogP contribution in [0.15, 0.2) is 18.3 Å². The number of hydrogen-bond acceptors (Lipinski definition) is 6. The quantitative estimate of drug-likeness (QED) is 0.0984. The molecule has 0 spiro atoms. The maximum atomic E-state index is 15.9. The number of carbonyl (C=O) groups is 2. The molecule has 0 aromatic carbocycles. The lowest BCUT2D eigenvalue weighted by molar-refractivity contribution is -0.120. The maximum absolute atomic E-state index is 15.9. The predicted octanol–water partition coefficient (Wildman–Crippen LogP) is 8.39. The van der Waals surface area contributed by atoms with Crippen LogP contribution in [-0.2, 0) is 16.3 Å². The first-order valence-electron chi connectivity index (χ1n) is 18.7. The molecule has 0 saturated heterocycles. The maximum Gasteiger partial charge on any atom is 0.267 e. The van der Waals surface area contributed by atoms with Gasteiger partial charge in [-0.25, -0.2) is 9.67 Å². The lowest BCUT2D eigenvalue weighted by Gasteiger charge is -2.41. The number of pyridine rings is 1. The average Bonchev–Trinajstić information content (AvgIpc) is 3.63. The number of carbonyl (C=O) groups excluding carboxylic acids is 2. The van der Waals surface area contributed by atoms with Crippen LogP contribution in [0.25, 0.3) is 11.1 Å². The smallest absolute Gasteiger partial charge is 0.267 e. The molecule has 12 heteroatoms. The number of nitrogens with one attached hydrogen (secondary N) is 1. The molecule has 2 amide bonds. The van der Waals surface area contributed by atoms with Crippen molar-refractivity contribution < 1.29 is 18.7 Å². The number of ether oxygens (including phenoxy) is 1. The Labute approximate surface area is 298 Å². The van der Waals surface area contributed by atoms with Crippen molar-refractivity contribution in [1.29, 1.82) is 0 Å². The van der Waals surface area contributed by atoms with Gasteiger partial charge in [0.2, 0.25) is 11.9 Å². The molecule has 0 bridgehead atoms. The molecule has 0 unspecified atom stereocenters. The van der Waals surface area contributed by atoms with E-state index in [2.05, 4.69) is 40.1 Å². The number of nitrogens with two attached hydrogens (primary N) is 1. The Morgan fingerprint density at radius 2 is 1.64 bits per heavy atom. The molecular weight excluding hydrogens is 650 g/mol. The van der Waals surface area contributed by atoms with Crippen LogP contribution in [0.1, 0.15) is 117 Å². The summed E-state index contributed by atoms with van der Waals surface area (Å²) >= 11 is 0. The van der Waals surface area contributed by atoms with Crippen LogP contribution in [0.2, 0.25) is 25.7 Å². The topological polar surface area (TPSA) is 130 Å². The minimum atomic E-state index is -1.22. The Morgan fingerprint density at radius 1 is 1.02 bits per heavy atom. The first-order valence-corrected chi connectivity index (χ1v) is 22.4. The Morgan fingerprint density at radius 3 is 2.18 bits per heavy atom. The Kier molecular flexibility index (Phi) is 12.4. The zero-order chi connectivity index (χ0) is 36.2. The van der Waals surface area contributed by atoms with Crippen molar-refractivity contribution in [1.82, 2.24) is 24.5 Å². The fourth-order valence-electron chi connectivity index (χ4n) is 8.38. The molecule has 2 aliphatic rings. The summed E-state index contributed by atoms with van der Waals surface area (Å²) in [5.41, 5.74) is 9.30. The molecule has 3 aromatic heterocycles. The van der Waals surface area contributed by atoms with Crippen LogP contribution < -0.4 is 11.1 Å². The fourth-order valence-corrected chi connectivity index (χ4v) is 9.13. The Hall–Kier alpha value is -3.38. The highest BCUT2D eigenvalue weighted by Gasteiger charge is 2.43. The second kappa shape index (κ2) is 16.3. The molecule has 3 aromatic rings. The van der Waals surface area contributed by atoms with Crippen molar-refractivity contribution in [2.75, 3.05) is 11.9 Å². The number of amides is 2. The third-order valence-electron chi connectivity index (χ3n) is 10.9. The molecule has 10 nitrogen and oxygen atoms in total. The first kappa shape index (κ1) is 37.9. The van der Waals surface area contributed by atoms with Crippen LogP contribution in [0.5, 0.6) is 0 Å². The van der Waals surface area contributed by atoms with Crippen LogP contribution >= 0.6 is 0 Å².